The summed E-state index contributed by atoms with van der Waals surface area (Å²) in [4.78, 5) is 0. The second-order valence-electron chi connectivity index (χ2n) is 6.02. The molecule has 0 fully saturated rings. The number of allylic oxidation sites excluding steroid dienone is 1. The SMILES string of the molecule is C=C(C)CCCCO[Si](C)(C)C(C)(C)C. The van der Waals surface area contributed by atoms with Gasteiger partial charge in [0.05, 0.1) is 0 Å². The first kappa shape index (κ1) is 14.9. The molecule has 0 aliphatic carbocycles. The molecule has 0 aromatic carbocycles. The van der Waals surface area contributed by atoms with Crippen molar-refractivity contribution in [1.29, 1.82) is 0 Å². The predicted octanol–water partition coefficient (Wildman–Crippen LogP) is 4.75. The molecule has 0 N–H and O–H groups in total. The Morgan fingerprint density at radius 3 is 2.13 bits per heavy atom. The van der Waals surface area contributed by atoms with E-state index in [9.17, 15) is 0 Å². The molecule has 90 valence electrons. The van der Waals surface area contributed by atoms with E-state index in [1.54, 1.807) is 0 Å². The van der Waals surface area contributed by atoms with Crippen LogP contribution in [0.1, 0.15) is 47.0 Å². The van der Waals surface area contributed by atoms with Crippen LogP contribution in [0.2, 0.25) is 18.1 Å². The second kappa shape index (κ2) is 5.85. The van der Waals surface area contributed by atoms with E-state index in [1.165, 1.54) is 18.4 Å². The predicted molar refractivity (Wildman–Crippen MR) is 71.8 cm³/mol. The topological polar surface area (TPSA) is 9.23 Å². The molecule has 0 heterocycles. The standard InChI is InChI=1S/C13H28OSi/c1-12(2)10-8-9-11-14-15(6,7)13(3,4)5/h1,8-11H2,2-7H3. The maximum atomic E-state index is 6.08. The van der Waals surface area contributed by atoms with Crippen molar-refractivity contribution in [3.63, 3.8) is 0 Å². The fourth-order valence-electron chi connectivity index (χ4n) is 1.07. The molecule has 0 unspecified atom stereocenters. The zero-order chi connectivity index (χ0) is 12.1. The zero-order valence-corrected chi connectivity index (χ0v) is 12.4. The van der Waals surface area contributed by atoms with Gasteiger partial charge >= 0.3 is 0 Å². The maximum absolute atomic E-state index is 6.08. The van der Waals surface area contributed by atoms with Gasteiger partial charge in [0.2, 0.25) is 0 Å². The van der Waals surface area contributed by atoms with E-state index < -0.39 is 8.32 Å². The number of unbranched alkanes of at least 4 members (excludes halogenated alkanes) is 1. The molecule has 1 nitrogen and oxygen atoms in total. The third-order valence-corrected chi connectivity index (χ3v) is 7.81. The Bertz CT molecular complexity index is 201. The van der Waals surface area contributed by atoms with Gasteiger partial charge < -0.3 is 4.43 Å². The molecule has 0 atom stereocenters. The Hall–Kier alpha value is -0.0831. The third kappa shape index (κ3) is 6.16. The molecule has 0 saturated heterocycles. The minimum absolute atomic E-state index is 0.335. The zero-order valence-electron chi connectivity index (χ0n) is 11.4. The smallest absolute Gasteiger partial charge is 0.191 e. The van der Waals surface area contributed by atoms with Gasteiger partial charge in [0.1, 0.15) is 0 Å². The molecule has 0 spiro atoms. The molecular weight excluding hydrogens is 200 g/mol. The van der Waals surface area contributed by atoms with E-state index >= 15 is 0 Å². The fourth-order valence-corrected chi connectivity index (χ4v) is 2.16. The first-order valence-corrected chi connectivity index (χ1v) is 8.86. The highest BCUT2D eigenvalue weighted by atomic mass is 28.4. The molecule has 0 bridgehead atoms. The van der Waals surface area contributed by atoms with Gasteiger partial charge in [0, 0.05) is 6.61 Å². The molecule has 0 aliphatic rings. The molecule has 0 aliphatic heterocycles. The molecular formula is C13H28OSi. The van der Waals surface area contributed by atoms with Crippen molar-refractivity contribution in [2.45, 2.75) is 65.1 Å². The van der Waals surface area contributed by atoms with E-state index in [0.29, 0.717) is 5.04 Å². The summed E-state index contributed by atoms with van der Waals surface area (Å²) in [6.07, 6.45) is 3.52. The van der Waals surface area contributed by atoms with Gasteiger partial charge in [-0.1, -0.05) is 26.3 Å². The summed E-state index contributed by atoms with van der Waals surface area (Å²) >= 11 is 0. The molecule has 0 radical (unpaired) electrons. The van der Waals surface area contributed by atoms with Crippen LogP contribution in [-0.4, -0.2) is 14.9 Å². The first-order chi connectivity index (χ1) is 6.67. The van der Waals surface area contributed by atoms with Crippen LogP contribution in [0, 0.1) is 0 Å². The van der Waals surface area contributed by atoms with Gasteiger partial charge in [0.15, 0.2) is 8.32 Å². The van der Waals surface area contributed by atoms with Crippen molar-refractivity contribution in [2.75, 3.05) is 6.61 Å². The van der Waals surface area contributed by atoms with E-state index in [1.807, 2.05) is 0 Å². The van der Waals surface area contributed by atoms with Crippen molar-refractivity contribution in [1.82, 2.24) is 0 Å². The lowest BCUT2D eigenvalue weighted by atomic mass is 10.1. The van der Waals surface area contributed by atoms with Crippen LogP contribution in [0.4, 0.5) is 0 Å². The highest BCUT2D eigenvalue weighted by molar-refractivity contribution is 6.74. The Morgan fingerprint density at radius 1 is 1.20 bits per heavy atom. The van der Waals surface area contributed by atoms with Crippen LogP contribution >= 0.6 is 0 Å². The minimum atomic E-state index is -1.50. The highest BCUT2D eigenvalue weighted by Gasteiger charge is 2.36. The molecule has 15 heavy (non-hydrogen) atoms. The molecule has 0 amide bonds. The van der Waals surface area contributed by atoms with Crippen LogP contribution in [-0.2, 0) is 4.43 Å². The van der Waals surface area contributed by atoms with Crippen LogP contribution < -0.4 is 0 Å². The van der Waals surface area contributed by atoms with E-state index in [4.69, 9.17) is 4.43 Å². The summed E-state index contributed by atoms with van der Waals surface area (Å²) < 4.78 is 6.08. The summed E-state index contributed by atoms with van der Waals surface area (Å²) in [6.45, 7) is 18.4. The molecule has 0 aromatic rings. The monoisotopic (exact) mass is 228 g/mol. The molecule has 0 rings (SSSR count). The van der Waals surface area contributed by atoms with Gasteiger partial charge in [-0.05, 0) is 44.3 Å². The normalized spacial score (nSPS) is 12.9. The largest absolute Gasteiger partial charge is 0.417 e. The van der Waals surface area contributed by atoms with E-state index in [2.05, 4.69) is 47.4 Å². The van der Waals surface area contributed by atoms with Crippen molar-refractivity contribution in [3.8, 4) is 0 Å². The summed E-state index contributed by atoms with van der Waals surface area (Å²) in [6, 6.07) is 0. The van der Waals surface area contributed by atoms with Crippen LogP contribution in [0.3, 0.4) is 0 Å². The quantitative estimate of drug-likeness (QED) is 0.362. The molecule has 0 aromatic heterocycles. The maximum Gasteiger partial charge on any atom is 0.191 e. The van der Waals surface area contributed by atoms with Crippen molar-refractivity contribution >= 4 is 8.32 Å². The van der Waals surface area contributed by atoms with Crippen LogP contribution in [0.15, 0.2) is 12.2 Å². The van der Waals surface area contributed by atoms with E-state index in [-0.39, 0.29) is 0 Å². The summed E-state index contributed by atoms with van der Waals surface area (Å²) in [7, 11) is -1.50. The number of rotatable bonds is 6. The van der Waals surface area contributed by atoms with Crippen molar-refractivity contribution in [2.24, 2.45) is 0 Å². The first-order valence-electron chi connectivity index (χ1n) is 5.95. The van der Waals surface area contributed by atoms with Crippen LogP contribution in [0.5, 0.6) is 0 Å². The average Bonchev–Trinajstić information content (AvgIpc) is 2.00. The Morgan fingerprint density at radius 2 is 1.73 bits per heavy atom. The molecule has 0 saturated carbocycles. The van der Waals surface area contributed by atoms with Gasteiger partial charge in [-0.2, -0.15) is 0 Å². The number of hydrogen-bond acceptors (Lipinski definition) is 1. The lowest BCUT2D eigenvalue weighted by Gasteiger charge is -2.36. The van der Waals surface area contributed by atoms with Gasteiger partial charge in [0.25, 0.3) is 0 Å². The second-order valence-corrected chi connectivity index (χ2v) is 10.8. The minimum Gasteiger partial charge on any atom is -0.417 e. The third-order valence-electron chi connectivity index (χ3n) is 3.27. The van der Waals surface area contributed by atoms with Crippen molar-refractivity contribution in [3.05, 3.63) is 12.2 Å². The Kier molecular flexibility index (Phi) is 5.82. The lowest BCUT2D eigenvalue weighted by molar-refractivity contribution is 0.279. The van der Waals surface area contributed by atoms with Gasteiger partial charge in [-0.25, -0.2) is 0 Å². The fraction of sp³-hybridized carbons (Fsp3) is 0.846. The average molecular weight is 228 g/mol. The highest BCUT2D eigenvalue weighted by Crippen LogP contribution is 2.36. The number of hydrogen-bond donors (Lipinski definition) is 0. The summed E-state index contributed by atoms with van der Waals surface area (Å²) in [5.41, 5.74) is 1.28. The van der Waals surface area contributed by atoms with Crippen molar-refractivity contribution < 1.29 is 4.43 Å². The van der Waals surface area contributed by atoms with Gasteiger partial charge in [-0.15, -0.1) is 6.58 Å². The van der Waals surface area contributed by atoms with Gasteiger partial charge in [-0.3, -0.25) is 0 Å². The molecule has 2 heteroatoms. The summed E-state index contributed by atoms with van der Waals surface area (Å²) in [5, 5.41) is 0.335. The Labute approximate surface area is 97.0 Å². The summed E-state index contributed by atoms with van der Waals surface area (Å²) in [5.74, 6) is 0. The Balaban J connectivity index is 3.72. The lowest BCUT2D eigenvalue weighted by Crippen LogP contribution is -2.40. The van der Waals surface area contributed by atoms with E-state index in [0.717, 1.165) is 13.0 Å². The van der Waals surface area contributed by atoms with Crippen LogP contribution in [0.25, 0.3) is 0 Å².